The third-order valence-electron chi connectivity index (χ3n) is 5.60. The van der Waals surface area contributed by atoms with E-state index in [0.29, 0.717) is 19.2 Å². The number of nitrogens with zero attached hydrogens (tertiary/aromatic N) is 3. The lowest BCUT2D eigenvalue weighted by molar-refractivity contribution is 0.0561. The lowest BCUT2D eigenvalue weighted by Crippen LogP contribution is -2.40. The van der Waals surface area contributed by atoms with Crippen molar-refractivity contribution >= 4 is 0 Å². The van der Waals surface area contributed by atoms with Crippen molar-refractivity contribution in [1.82, 2.24) is 15.0 Å². The summed E-state index contributed by atoms with van der Waals surface area (Å²) >= 11 is 0. The number of hydrogen-bond donors (Lipinski definition) is 1. The lowest BCUT2D eigenvalue weighted by Gasteiger charge is -2.32. The molecule has 0 amide bonds. The zero-order chi connectivity index (χ0) is 20.6. The zero-order valence-corrected chi connectivity index (χ0v) is 18.0. The first-order chi connectivity index (χ1) is 14.0. The van der Waals surface area contributed by atoms with E-state index in [1.54, 1.807) is 0 Å². The molecule has 1 aromatic heterocycles. The number of aryl methyl sites for hydroxylation is 1. The van der Waals surface area contributed by atoms with Gasteiger partial charge in [0, 0.05) is 31.7 Å². The number of hydrogen-bond acceptors (Lipinski definition) is 6. The second-order valence-corrected chi connectivity index (χ2v) is 8.44. The van der Waals surface area contributed by atoms with E-state index < -0.39 is 6.10 Å². The van der Waals surface area contributed by atoms with E-state index in [-0.39, 0.29) is 0 Å². The van der Waals surface area contributed by atoms with E-state index in [1.807, 2.05) is 31.2 Å². The van der Waals surface area contributed by atoms with Crippen LogP contribution in [0.15, 0.2) is 34.9 Å². The molecule has 0 saturated heterocycles. The highest BCUT2D eigenvalue weighted by molar-refractivity contribution is 5.28. The normalized spacial score (nSPS) is 16.5. The Morgan fingerprint density at radius 3 is 2.69 bits per heavy atom. The molecule has 2 aromatic rings. The molecule has 1 aliphatic carbocycles. The maximum Gasteiger partial charge on any atom is 0.133 e. The standard InChI is InChI=1S/C23H35N3O3/c1-18-12-20(24-29-18)15-25(2)14-19-8-7-11-23(13-19)28-17-22(27)16-26(3)21-9-5-4-6-10-21/h7-8,11-13,21-22,27H,4-6,9-10,14-17H2,1-3H3. The van der Waals surface area contributed by atoms with Gasteiger partial charge in [-0.2, -0.15) is 0 Å². The predicted octanol–water partition coefficient (Wildman–Crippen LogP) is 3.62. The van der Waals surface area contributed by atoms with Gasteiger partial charge in [0.25, 0.3) is 0 Å². The topological polar surface area (TPSA) is 62.0 Å². The Bertz CT molecular complexity index is 742. The van der Waals surface area contributed by atoms with E-state index in [1.165, 1.54) is 37.7 Å². The van der Waals surface area contributed by atoms with Gasteiger partial charge >= 0.3 is 0 Å². The van der Waals surface area contributed by atoms with Crippen LogP contribution in [-0.2, 0) is 13.1 Å². The van der Waals surface area contributed by atoms with Crippen molar-refractivity contribution in [2.45, 2.75) is 64.3 Å². The van der Waals surface area contributed by atoms with Crippen molar-refractivity contribution in [1.29, 1.82) is 0 Å². The number of benzene rings is 1. The van der Waals surface area contributed by atoms with Crippen LogP contribution < -0.4 is 4.74 Å². The van der Waals surface area contributed by atoms with Crippen molar-refractivity contribution in [3.05, 3.63) is 47.3 Å². The third-order valence-corrected chi connectivity index (χ3v) is 5.60. The first kappa shape index (κ1) is 21.8. The van der Waals surface area contributed by atoms with Crippen LogP contribution in [-0.4, -0.2) is 59.5 Å². The number of aliphatic hydroxyl groups excluding tert-OH is 1. The van der Waals surface area contributed by atoms with Gasteiger partial charge in [0.1, 0.15) is 24.2 Å². The van der Waals surface area contributed by atoms with Gasteiger partial charge in [0.05, 0.1) is 5.69 Å². The minimum atomic E-state index is -0.483. The summed E-state index contributed by atoms with van der Waals surface area (Å²) in [5.41, 5.74) is 2.10. The largest absolute Gasteiger partial charge is 0.491 e. The van der Waals surface area contributed by atoms with Crippen molar-refractivity contribution in [3.63, 3.8) is 0 Å². The summed E-state index contributed by atoms with van der Waals surface area (Å²) in [7, 11) is 4.18. The second kappa shape index (κ2) is 10.8. The molecule has 0 radical (unpaired) electrons. The molecule has 1 aliphatic rings. The summed E-state index contributed by atoms with van der Waals surface area (Å²) in [6, 6.07) is 10.6. The molecule has 1 aromatic carbocycles. The molecule has 160 valence electrons. The molecular weight excluding hydrogens is 366 g/mol. The maximum atomic E-state index is 10.4. The molecule has 0 aliphatic heterocycles. The molecule has 29 heavy (non-hydrogen) atoms. The highest BCUT2D eigenvalue weighted by Gasteiger charge is 2.20. The number of ether oxygens (including phenoxy) is 1. The maximum absolute atomic E-state index is 10.4. The van der Waals surface area contributed by atoms with Crippen LogP contribution in [0.3, 0.4) is 0 Å². The molecule has 1 atom stereocenters. The number of likely N-dealkylation sites (N-methyl/N-ethyl adjacent to an activating group) is 1. The molecule has 6 nitrogen and oxygen atoms in total. The molecule has 1 heterocycles. The van der Waals surface area contributed by atoms with Crippen molar-refractivity contribution < 1.29 is 14.4 Å². The van der Waals surface area contributed by atoms with Crippen LogP contribution in [0, 0.1) is 6.92 Å². The minimum Gasteiger partial charge on any atom is -0.491 e. The van der Waals surface area contributed by atoms with Gasteiger partial charge in [-0.3, -0.25) is 4.90 Å². The molecule has 3 rings (SSSR count). The molecular formula is C23H35N3O3. The molecule has 1 unspecified atom stereocenters. The van der Waals surface area contributed by atoms with Crippen molar-refractivity contribution in [2.75, 3.05) is 27.2 Å². The number of aliphatic hydroxyl groups is 1. The Hall–Kier alpha value is -1.89. The molecule has 1 N–H and O–H groups in total. The van der Waals surface area contributed by atoms with E-state index >= 15 is 0 Å². The van der Waals surface area contributed by atoms with Gasteiger partial charge in [0.15, 0.2) is 0 Å². The van der Waals surface area contributed by atoms with Gasteiger partial charge in [-0.1, -0.05) is 36.6 Å². The summed E-state index contributed by atoms with van der Waals surface area (Å²) < 4.78 is 11.0. The van der Waals surface area contributed by atoms with Crippen LogP contribution in [0.5, 0.6) is 5.75 Å². The summed E-state index contributed by atoms with van der Waals surface area (Å²) in [6.07, 6.45) is 5.96. The number of aromatic nitrogens is 1. The monoisotopic (exact) mass is 401 g/mol. The summed E-state index contributed by atoms with van der Waals surface area (Å²) in [4.78, 5) is 4.48. The lowest BCUT2D eigenvalue weighted by atomic mass is 9.94. The van der Waals surface area contributed by atoms with E-state index in [0.717, 1.165) is 30.3 Å². The fraction of sp³-hybridized carbons (Fsp3) is 0.609. The molecule has 0 bridgehead atoms. The third kappa shape index (κ3) is 7.14. The van der Waals surface area contributed by atoms with Crippen LogP contribution >= 0.6 is 0 Å². The first-order valence-corrected chi connectivity index (χ1v) is 10.7. The van der Waals surface area contributed by atoms with Gasteiger partial charge in [-0.15, -0.1) is 0 Å². The van der Waals surface area contributed by atoms with Crippen LogP contribution in [0.25, 0.3) is 0 Å². The van der Waals surface area contributed by atoms with E-state index in [4.69, 9.17) is 9.26 Å². The molecule has 0 spiro atoms. The Morgan fingerprint density at radius 2 is 1.97 bits per heavy atom. The smallest absolute Gasteiger partial charge is 0.133 e. The highest BCUT2D eigenvalue weighted by atomic mass is 16.5. The van der Waals surface area contributed by atoms with Gasteiger partial charge in [0.2, 0.25) is 0 Å². The Morgan fingerprint density at radius 1 is 1.17 bits per heavy atom. The minimum absolute atomic E-state index is 0.314. The van der Waals surface area contributed by atoms with Crippen molar-refractivity contribution in [3.8, 4) is 5.75 Å². The fourth-order valence-electron chi connectivity index (χ4n) is 4.12. The van der Waals surface area contributed by atoms with Crippen molar-refractivity contribution in [2.24, 2.45) is 0 Å². The molecule has 1 saturated carbocycles. The molecule has 1 fully saturated rings. The van der Waals surface area contributed by atoms with Crippen LogP contribution in [0.4, 0.5) is 0 Å². The van der Waals surface area contributed by atoms with Crippen LogP contribution in [0.2, 0.25) is 0 Å². The number of rotatable bonds is 10. The quantitative estimate of drug-likeness (QED) is 0.656. The van der Waals surface area contributed by atoms with Gasteiger partial charge in [-0.25, -0.2) is 0 Å². The predicted molar refractivity (Wildman–Crippen MR) is 114 cm³/mol. The van der Waals surface area contributed by atoms with E-state index in [2.05, 4.69) is 35.1 Å². The van der Waals surface area contributed by atoms with Gasteiger partial charge in [-0.05, 0) is 51.6 Å². The van der Waals surface area contributed by atoms with Crippen LogP contribution in [0.1, 0.15) is 49.1 Å². The SMILES string of the molecule is Cc1cc(CN(C)Cc2cccc(OCC(O)CN(C)C3CCCCC3)c2)no1. The Kier molecular flexibility index (Phi) is 8.09. The average molecular weight is 402 g/mol. The summed E-state index contributed by atoms with van der Waals surface area (Å²) in [5.74, 6) is 1.63. The average Bonchev–Trinajstić information content (AvgIpc) is 3.11. The fourth-order valence-corrected chi connectivity index (χ4v) is 4.12. The Labute approximate surface area is 174 Å². The highest BCUT2D eigenvalue weighted by Crippen LogP contribution is 2.22. The summed E-state index contributed by atoms with van der Waals surface area (Å²) in [5, 5.41) is 14.4. The first-order valence-electron chi connectivity index (χ1n) is 10.7. The Balaban J connectivity index is 1.43. The van der Waals surface area contributed by atoms with Gasteiger partial charge < -0.3 is 19.3 Å². The summed E-state index contributed by atoms with van der Waals surface area (Å²) in [6.45, 7) is 4.39. The molecule has 6 heteroatoms. The second-order valence-electron chi connectivity index (χ2n) is 8.44. The van der Waals surface area contributed by atoms with E-state index in [9.17, 15) is 5.11 Å². The zero-order valence-electron chi connectivity index (χ0n) is 18.0.